The Hall–Kier alpha value is -2.36. The topological polar surface area (TPSA) is 80.7 Å². The summed E-state index contributed by atoms with van der Waals surface area (Å²) in [6, 6.07) is 6.98. The number of hydrogen-bond acceptors (Lipinski definition) is 5. The number of aromatic nitrogens is 1. The van der Waals surface area contributed by atoms with Crippen LogP contribution in [0.4, 0.5) is 13.6 Å². The first-order valence-electron chi connectivity index (χ1n) is 13.5. The number of hydrogen-bond donors (Lipinski definition) is 2. The van der Waals surface area contributed by atoms with Crippen LogP contribution in [0.3, 0.4) is 0 Å². The number of benzene rings is 1. The minimum Gasteiger partial charge on any atom is -0.444 e. The molecular weight excluding hydrogens is 518 g/mol. The zero-order valence-electron chi connectivity index (χ0n) is 25.0. The lowest BCUT2D eigenvalue weighted by Crippen LogP contribution is -2.47. The van der Waals surface area contributed by atoms with Crippen molar-refractivity contribution in [3.05, 3.63) is 53.2 Å². The van der Waals surface area contributed by atoms with Crippen molar-refractivity contribution in [2.24, 2.45) is 5.92 Å². The van der Waals surface area contributed by atoms with Crippen LogP contribution in [0.2, 0.25) is 18.1 Å². The molecule has 1 aromatic heterocycles. The van der Waals surface area contributed by atoms with Gasteiger partial charge in [0.15, 0.2) is 14.1 Å². The molecular formula is C30H44F2N2O4Si. The van der Waals surface area contributed by atoms with Crippen LogP contribution in [0.15, 0.2) is 30.3 Å². The van der Waals surface area contributed by atoms with Gasteiger partial charge in [-0.25, -0.2) is 18.6 Å². The van der Waals surface area contributed by atoms with Gasteiger partial charge in [0.05, 0.1) is 17.8 Å². The monoisotopic (exact) mass is 562 g/mol. The van der Waals surface area contributed by atoms with Gasteiger partial charge in [0.25, 0.3) is 0 Å². The van der Waals surface area contributed by atoms with Crippen molar-refractivity contribution < 1.29 is 27.8 Å². The van der Waals surface area contributed by atoms with Crippen molar-refractivity contribution in [2.45, 2.75) is 103 Å². The van der Waals surface area contributed by atoms with Gasteiger partial charge in [0, 0.05) is 11.1 Å². The number of ether oxygens (including phenoxy) is 1. The minimum atomic E-state index is -2.35. The van der Waals surface area contributed by atoms with E-state index in [1.54, 1.807) is 26.8 Å². The number of nitrogens with one attached hydrogen (secondary N) is 1. The highest BCUT2D eigenvalue weighted by molar-refractivity contribution is 6.74. The Morgan fingerprint density at radius 2 is 1.62 bits per heavy atom. The Balaban J connectivity index is 2.15. The fraction of sp³-hybridized carbons (Fsp3) is 0.600. The summed E-state index contributed by atoms with van der Waals surface area (Å²) in [7, 11) is -2.35. The van der Waals surface area contributed by atoms with E-state index < -0.39 is 42.8 Å². The SMILES string of the molecule is CC(C)(C)OC(=O)NCC(O)(c1cc(C(C)(C)O[Si](C)(C)C(C)(C)C)c(F)c(-c2ccc(F)cc2)n1)C1CC1. The molecule has 1 aromatic carbocycles. The van der Waals surface area contributed by atoms with Gasteiger partial charge in [-0.3, -0.25) is 0 Å². The lowest BCUT2D eigenvalue weighted by molar-refractivity contribution is 0.00120. The molecule has 0 aliphatic heterocycles. The van der Waals surface area contributed by atoms with Crippen LogP contribution < -0.4 is 5.32 Å². The maximum atomic E-state index is 16.3. The molecule has 1 amide bonds. The molecule has 0 radical (unpaired) electrons. The second kappa shape index (κ2) is 10.6. The van der Waals surface area contributed by atoms with E-state index in [-0.39, 0.29) is 34.5 Å². The number of amides is 1. The van der Waals surface area contributed by atoms with Crippen molar-refractivity contribution in [1.29, 1.82) is 0 Å². The van der Waals surface area contributed by atoms with Crippen LogP contribution >= 0.6 is 0 Å². The standard InChI is InChI=1S/C30H44F2N2O4Si/c1-27(2,3)37-26(35)33-18-30(36,20-13-14-20)23-17-22(29(7,8)38-39(9,10)28(4,5)6)24(32)25(34-23)19-11-15-21(31)16-12-19/h11-12,15-17,20,36H,13-14,18H2,1-10H3,(H,33,35). The number of alkyl carbamates (subject to hydrolysis) is 1. The van der Waals surface area contributed by atoms with E-state index in [2.05, 4.69) is 44.2 Å². The van der Waals surface area contributed by atoms with Gasteiger partial charge in [-0.15, -0.1) is 0 Å². The van der Waals surface area contributed by atoms with Gasteiger partial charge in [0.2, 0.25) is 0 Å². The lowest BCUT2D eigenvalue weighted by atomic mass is 9.88. The van der Waals surface area contributed by atoms with Gasteiger partial charge in [-0.2, -0.15) is 0 Å². The molecule has 0 spiro atoms. The fourth-order valence-corrected chi connectivity index (χ4v) is 6.05. The summed E-state index contributed by atoms with van der Waals surface area (Å²) in [6.45, 7) is 19.3. The lowest BCUT2D eigenvalue weighted by Gasteiger charge is -2.43. The van der Waals surface area contributed by atoms with Crippen molar-refractivity contribution in [3.8, 4) is 11.3 Å². The van der Waals surface area contributed by atoms with E-state index >= 15 is 4.39 Å². The zero-order valence-corrected chi connectivity index (χ0v) is 26.0. The average molecular weight is 563 g/mol. The number of rotatable bonds is 8. The molecule has 216 valence electrons. The third-order valence-corrected chi connectivity index (χ3v) is 12.3. The Morgan fingerprint density at radius 1 is 1.05 bits per heavy atom. The third-order valence-electron chi connectivity index (χ3n) is 7.64. The van der Waals surface area contributed by atoms with Crippen LogP contribution in [-0.4, -0.2) is 36.6 Å². The Morgan fingerprint density at radius 3 is 2.10 bits per heavy atom. The van der Waals surface area contributed by atoms with Gasteiger partial charge in [-0.05, 0) is 102 Å². The maximum Gasteiger partial charge on any atom is 0.407 e. The van der Waals surface area contributed by atoms with Gasteiger partial charge in [-0.1, -0.05) is 20.8 Å². The van der Waals surface area contributed by atoms with Crippen molar-refractivity contribution >= 4 is 14.4 Å². The number of carbonyl (C=O) groups is 1. The van der Waals surface area contributed by atoms with E-state index in [9.17, 15) is 14.3 Å². The molecule has 1 saturated carbocycles. The maximum absolute atomic E-state index is 16.3. The second-order valence-corrected chi connectivity index (χ2v) is 18.4. The molecule has 1 atom stereocenters. The van der Waals surface area contributed by atoms with Crippen molar-refractivity contribution in [3.63, 3.8) is 0 Å². The largest absolute Gasteiger partial charge is 0.444 e. The molecule has 1 unspecified atom stereocenters. The Labute approximate surface area is 232 Å². The molecule has 0 bridgehead atoms. The van der Waals surface area contributed by atoms with E-state index in [0.29, 0.717) is 5.56 Å². The van der Waals surface area contributed by atoms with Gasteiger partial charge >= 0.3 is 6.09 Å². The number of halogens is 2. The first-order chi connectivity index (χ1) is 17.7. The molecule has 2 N–H and O–H groups in total. The predicted molar refractivity (Wildman–Crippen MR) is 152 cm³/mol. The molecule has 6 nitrogen and oxygen atoms in total. The van der Waals surface area contributed by atoms with Crippen LogP contribution in [0, 0.1) is 17.6 Å². The van der Waals surface area contributed by atoms with E-state index in [0.717, 1.165) is 12.8 Å². The molecule has 1 fully saturated rings. The van der Waals surface area contributed by atoms with Crippen LogP contribution in [0.25, 0.3) is 11.3 Å². The molecule has 1 aliphatic carbocycles. The first-order valence-corrected chi connectivity index (χ1v) is 16.4. The Bertz CT molecular complexity index is 1200. The second-order valence-electron chi connectivity index (χ2n) is 13.7. The van der Waals surface area contributed by atoms with Gasteiger partial charge in [0.1, 0.15) is 22.7 Å². The highest BCUT2D eigenvalue weighted by Crippen LogP contribution is 2.48. The summed E-state index contributed by atoms with van der Waals surface area (Å²) >= 11 is 0. The summed E-state index contributed by atoms with van der Waals surface area (Å²) in [5, 5.41) is 14.5. The van der Waals surface area contributed by atoms with Crippen LogP contribution in [0.1, 0.15) is 79.5 Å². The minimum absolute atomic E-state index is 0.00857. The zero-order chi connectivity index (χ0) is 29.6. The van der Waals surface area contributed by atoms with Crippen LogP contribution in [-0.2, 0) is 20.4 Å². The molecule has 1 heterocycles. The highest BCUT2D eigenvalue weighted by Gasteiger charge is 2.49. The predicted octanol–water partition coefficient (Wildman–Crippen LogP) is 7.41. The molecule has 2 aromatic rings. The summed E-state index contributed by atoms with van der Waals surface area (Å²) in [5.74, 6) is -1.22. The number of aliphatic hydroxyl groups is 1. The summed E-state index contributed by atoms with van der Waals surface area (Å²) in [5.41, 5.74) is -2.51. The molecule has 9 heteroatoms. The smallest absolute Gasteiger partial charge is 0.407 e. The molecule has 39 heavy (non-hydrogen) atoms. The number of carbonyl (C=O) groups excluding carboxylic acids is 1. The van der Waals surface area contributed by atoms with E-state index in [4.69, 9.17) is 9.16 Å². The number of nitrogens with zero attached hydrogens (tertiary/aromatic N) is 1. The van der Waals surface area contributed by atoms with Crippen molar-refractivity contribution in [1.82, 2.24) is 10.3 Å². The van der Waals surface area contributed by atoms with E-state index in [1.807, 2.05) is 13.8 Å². The fourth-order valence-electron chi connectivity index (χ4n) is 4.36. The Kier molecular flexibility index (Phi) is 8.44. The summed E-state index contributed by atoms with van der Waals surface area (Å²) < 4.78 is 42.1. The number of pyridine rings is 1. The van der Waals surface area contributed by atoms with Crippen LogP contribution in [0.5, 0.6) is 0 Å². The normalized spacial score (nSPS) is 16.5. The molecule has 1 aliphatic rings. The molecule has 0 saturated heterocycles. The summed E-state index contributed by atoms with van der Waals surface area (Å²) in [4.78, 5) is 17.0. The first kappa shape index (κ1) is 31.2. The quantitative estimate of drug-likeness (QED) is 0.328. The van der Waals surface area contributed by atoms with E-state index in [1.165, 1.54) is 24.3 Å². The van der Waals surface area contributed by atoms with Crippen molar-refractivity contribution in [2.75, 3.05) is 6.54 Å². The highest BCUT2D eigenvalue weighted by atomic mass is 28.4. The summed E-state index contributed by atoms with van der Waals surface area (Å²) in [6.07, 6.45) is 0.803. The third kappa shape index (κ3) is 7.24. The molecule has 3 rings (SSSR count). The average Bonchev–Trinajstić information content (AvgIpc) is 3.61. The van der Waals surface area contributed by atoms with Gasteiger partial charge < -0.3 is 19.6 Å².